The van der Waals surface area contributed by atoms with Crippen molar-refractivity contribution < 1.29 is 18.9 Å². The first-order valence-electron chi connectivity index (χ1n) is 11.5. The second-order valence-corrected chi connectivity index (χ2v) is 8.94. The molecule has 5 rings (SSSR count). The van der Waals surface area contributed by atoms with Gasteiger partial charge in [-0.25, -0.2) is 0 Å². The fourth-order valence-electron chi connectivity index (χ4n) is 4.89. The minimum Gasteiger partial charge on any atom is -0.349 e. The number of rotatable bonds is 6. The molecule has 0 saturated carbocycles. The lowest BCUT2D eigenvalue weighted by atomic mass is 9.92. The molecule has 1 aliphatic carbocycles. The standard InChI is InChI=1S/C25H24FN5O4/c26-20-10-9-18(12-23(20)31(34)35)29-15-17(11-24(29)32)25(33)28-21-7-4-8-22-19(21)13-27-30(22)14-16-5-2-1-3-6-16/h1-3,5-6,9-10,12-13,17,21H,4,7-8,11,14-15H2,(H,28,33). The van der Waals surface area contributed by atoms with E-state index in [1.807, 2.05) is 29.1 Å². The van der Waals surface area contributed by atoms with E-state index in [0.29, 0.717) is 6.54 Å². The van der Waals surface area contributed by atoms with E-state index in [-0.39, 0.29) is 36.5 Å². The van der Waals surface area contributed by atoms with Crippen LogP contribution in [0.15, 0.2) is 54.7 Å². The monoisotopic (exact) mass is 477 g/mol. The molecule has 2 aliphatic rings. The minimum absolute atomic E-state index is 0.0101. The predicted octanol–water partition coefficient (Wildman–Crippen LogP) is 3.53. The van der Waals surface area contributed by atoms with Crippen molar-refractivity contribution in [2.24, 2.45) is 5.92 Å². The van der Waals surface area contributed by atoms with Crippen molar-refractivity contribution in [3.8, 4) is 0 Å². The van der Waals surface area contributed by atoms with Gasteiger partial charge in [0.2, 0.25) is 17.6 Å². The number of hydrogen-bond acceptors (Lipinski definition) is 5. The Morgan fingerprint density at radius 3 is 2.80 bits per heavy atom. The van der Waals surface area contributed by atoms with Crippen LogP contribution >= 0.6 is 0 Å². The predicted molar refractivity (Wildman–Crippen MR) is 125 cm³/mol. The highest BCUT2D eigenvalue weighted by Gasteiger charge is 2.37. The largest absolute Gasteiger partial charge is 0.349 e. The van der Waals surface area contributed by atoms with Crippen LogP contribution in [-0.4, -0.2) is 33.1 Å². The van der Waals surface area contributed by atoms with Gasteiger partial charge in [0.25, 0.3) is 0 Å². The summed E-state index contributed by atoms with van der Waals surface area (Å²) in [6, 6.07) is 13.2. The van der Waals surface area contributed by atoms with Crippen molar-refractivity contribution in [3.05, 3.63) is 87.5 Å². The van der Waals surface area contributed by atoms with Gasteiger partial charge in [0.05, 0.1) is 35.3 Å². The Morgan fingerprint density at radius 1 is 1.23 bits per heavy atom. The number of carbonyl (C=O) groups excluding carboxylic acids is 2. The number of nitro groups is 1. The van der Waals surface area contributed by atoms with Crippen molar-refractivity contribution in [1.29, 1.82) is 0 Å². The number of aromatic nitrogens is 2. The molecule has 0 radical (unpaired) electrons. The Balaban J connectivity index is 1.28. The van der Waals surface area contributed by atoms with Gasteiger partial charge in [0, 0.05) is 30.3 Å². The van der Waals surface area contributed by atoms with E-state index in [0.717, 1.165) is 48.2 Å². The van der Waals surface area contributed by atoms with Gasteiger partial charge in [-0.1, -0.05) is 30.3 Å². The minimum atomic E-state index is -0.972. The maximum Gasteiger partial charge on any atom is 0.306 e. The second kappa shape index (κ2) is 9.28. The molecule has 1 fully saturated rings. The molecule has 3 aromatic rings. The lowest BCUT2D eigenvalue weighted by Crippen LogP contribution is -2.36. The molecule has 2 amide bonds. The van der Waals surface area contributed by atoms with E-state index >= 15 is 0 Å². The van der Waals surface area contributed by atoms with Gasteiger partial charge >= 0.3 is 5.69 Å². The van der Waals surface area contributed by atoms with Crippen molar-refractivity contribution in [3.63, 3.8) is 0 Å². The first-order valence-corrected chi connectivity index (χ1v) is 11.5. The van der Waals surface area contributed by atoms with E-state index in [2.05, 4.69) is 22.5 Å². The molecule has 9 nitrogen and oxygen atoms in total. The van der Waals surface area contributed by atoms with Crippen LogP contribution in [0.25, 0.3) is 0 Å². The molecule has 1 aliphatic heterocycles. The average Bonchev–Trinajstić information content (AvgIpc) is 3.44. The van der Waals surface area contributed by atoms with Crippen molar-refractivity contribution >= 4 is 23.2 Å². The summed E-state index contributed by atoms with van der Waals surface area (Å²) in [5, 5.41) is 18.7. The van der Waals surface area contributed by atoms with E-state index in [1.54, 1.807) is 0 Å². The summed E-state index contributed by atoms with van der Waals surface area (Å²) in [6.45, 7) is 0.743. The normalized spacial score (nSPS) is 19.5. The summed E-state index contributed by atoms with van der Waals surface area (Å²) >= 11 is 0. The average molecular weight is 477 g/mol. The van der Waals surface area contributed by atoms with Crippen LogP contribution in [0.3, 0.4) is 0 Å². The quantitative estimate of drug-likeness (QED) is 0.431. The van der Waals surface area contributed by atoms with E-state index in [9.17, 15) is 24.1 Å². The van der Waals surface area contributed by atoms with Gasteiger partial charge in [-0.3, -0.25) is 24.4 Å². The van der Waals surface area contributed by atoms with Crippen LogP contribution in [0.1, 0.15) is 42.1 Å². The number of benzene rings is 2. The molecule has 0 bridgehead atoms. The van der Waals surface area contributed by atoms with Crippen molar-refractivity contribution in [2.75, 3.05) is 11.4 Å². The van der Waals surface area contributed by atoms with Gasteiger partial charge in [-0.15, -0.1) is 0 Å². The maximum absolute atomic E-state index is 13.7. The summed E-state index contributed by atoms with van der Waals surface area (Å²) in [7, 11) is 0. The number of nitrogens with one attached hydrogen (secondary N) is 1. The molecule has 2 atom stereocenters. The van der Waals surface area contributed by atoms with E-state index in [4.69, 9.17) is 0 Å². The number of amides is 2. The zero-order valence-corrected chi connectivity index (χ0v) is 18.9. The number of hydrogen-bond donors (Lipinski definition) is 1. The van der Waals surface area contributed by atoms with Gasteiger partial charge < -0.3 is 10.2 Å². The number of anilines is 1. The highest BCUT2D eigenvalue weighted by molar-refractivity contribution is 6.00. The second-order valence-electron chi connectivity index (χ2n) is 8.94. The maximum atomic E-state index is 13.7. The molecule has 2 heterocycles. The van der Waals surface area contributed by atoms with Crippen LogP contribution in [0.4, 0.5) is 15.8 Å². The van der Waals surface area contributed by atoms with Crippen LogP contribution in [-0.2, 0) is 22.6 Å². The zero-order chi connectivity index (χ0) is 24.5. The Morgan fingerprint density at radius 2 is 2.03 bits per heavy atom. The van der Waals surface area contributed by atoms with E-state index in [1.165, 1.54) is 11.0 Å². The van der Waals surface area contributed by atoms with Crippen molar-refractivity contribution in [2.45, 2.75) is 38.3 Å². The molecule has 1 N–H and O–H groups in total. The van der Waals surface area contributed by atoms with Gasteiger partial charge in [0.1, 0.15) is 0 Å². The Labute approximate surface area is 200 Å². The topological polar surface area (TPSA) is 110 Å². The number of nitrogens with zero attached hydrogens (tertiary/aromatic N) is 4. The summed E-state index contributed by atoms with van der Waals surface area (Å²) in [5.41, 5.74) is 2.75. The van der Waals surface area contributed by atoms with Crippen LogP contribution in [0.5, 0.6) is 0 Å². The summed E-state index contributed by atoms with van der Waals surface area (Å²) in [5.74, 6) is -2.14. The Kier molecular flexibility index (Phi) is 6.02. The molecule has 2 unspecified atom stereocenters. The Hall–Kier alpha value is -4.08. The molecule has 35 heavy (non-hydrogen) atoms. The molecular formula is C25H24FN5O4. The first-order chi connectivity index (χ1) is 16.9. The van der Waals surface area contributed by atoms with Crippen LogP contribution in [0.2, 0.25) is 0 Å². The summed E-state index contributed by atoms with van der Waals surface area (Å²) in [6.07, 6.45) is 4.38. The molecule has 0 spiro atoms. The Bertz CT molecular complexity index is 1290. The fourth-order valence-corrected chi connectivity index (χ4v) is 4.89. The zero-order valence-electron chi connectivity index (χ0n) is 18.9. The van der Waals surface area contributed by atoms with E-state index < -0.39 is 22.3 Å². The summed E-state index contributed by atoms with van der Waals surface area (Å²) < 4.78 is 15.7. The van der Waals surface area contributed by atoms with Gasteiger partial charge in [0.15, 0.2) is 0 Å². The van der Waals surface area contributed by atoms with Crippen LogP contribution < -0.4 is 10.2 Å². The van der Waals surface area contributed by atoms with Gasteiger partial charge in [-0.2, -0.15) is 9.49 Å². The highest BCUT2D eigenvalue weighted by Crippen LogP contribution is 2.33. The molecular weight excluding hydrogens is 453 g/mol. The lowest BCUT2D eigenvalue weighted by Gasteiger charge is -2.25. The third kappa shape index (κ3) is 4.51. The number of halogens is 1. The molecule has 10 heteroatoms. The van der Waals surface area contributed by atoms with Crippen molar-refractivity contribution in [1.82, 2.24) is 15.1 Å². The highest BCUT2D eigenvalue weighted by atomic mass is 19.1. The SMILES string of the molecule is O=C(NC1CCCc2c1cnn2Cc1ccccc1)C1CC(=O)N(c2ccc(F)c([N+](=O)[O-])c2)C1. The number of carbonyl (C=O) groups is 2. The first kappa shape index (κ1) is 22.7. The molecule has 2 aromatic carbocycles. The molecule has 1 aromatic heterocycles. The van der Waals surface area contributed by atoms with Gasteiger partial charge in [-0.05, 0) is 37.0 Å². The number of nitro benzene ring substituents is 1. The van der Waals surface area contributed by atoms with Crippen LogP contribution in [0, 0.1) is 21.8 Å². The summed E-state index contributed by atoms with van der Waals surface area (Å²) in [4.78, 5) is 37.2. The lowest BCUT2D eigenvalue weighted by molar-refractivity contribution is -0.387. The smallest absolute Gasteiger partial charge is 0.306 e. The molecule has 180 valence electrons. The third-order valence-electron chi connectivity index (χ3n) is 6.69. The number of fused-ring (bicyclic) bond motifs is 1. The third-order valence-corrected chi connectivity index (χ3v) is 6.69. The fraction of sp³-hybridized carbons (Fsp3) is 0.320. The molecule has 1 saturated heterocycles.